The maximum absolute atomic E-state index is 6.01. The second-order valence-electron chi connectivity index (χ2n) is 5.17. The van der Waals surface area contributed by atoms with Gasteiger partial charge in [0.05, 0.1) is 12.1 Å². The predicted octanol–water partition coefficient (Wildman–Crippen LogP) is 1.67. The summed E-state index contributed by atoms with van der Waals surface area (Å²) < 4.78 is 10.8. The van der Waals surface area contributed by atoms with Crippen LogP contribution < -0.4 is 15.2 Å². The summed E-state index contributed by atoms with van der Waals surface area (Å²) in [4.78, 5) is 6.58. The standard InChI is InChI=1S/C14H19N3O2/c1-3-6-17-13(15)16-8-14(17,2)10-4-5-11-12(7-10)19-9-18-11/h4-5,7H,3,6,8-9H2,1-2H3,(H2,15,16). The van der Waals surface area contributed by atoms with Crippen LogP contribution in [0.4, 0.5) is 0 Å². The maximum atomic E-state index is 6.01. The van der Waals surface area contributed by atoms with E-state index in [1.54, 1.807) is 0 Å². The number of hydrogen-bond donors (Lipinski definition) is 1. The molecular formula is C14H19N3O2. The summed E-state index contributed by atoms with van der Waals surface area (Å²) in [6.07, 6.45) is 1.04. The van der Waals surface area contributed by atoms with Crippen LogP contribution in [0.3, 0.4) is 0 Å². The van der Waals surface area contributed by atoms with Crippen molar-refractivity contribution in [1.29, 1.82) is 0 Å². The highest BCUT2D eigenvalue weighted by Crippen LogP contribution is 2.39. The molecule has 2 aliphatic heterocycles. The van der Waals surface area contributed by atoms with E-state index < -0.39 is 0 Å². The van der Waals surface area contributed by atoms with E-state index in [1.165, 1.54) is 0 Å². The van der Waals surface area contributed by atoms with Crippen LogP contribution in [0.2, 0.25) is 0 Å². The fourth-order valence-corrected chi connectivity index (χ4v) is 2.72. The third kappa shape index (κ3) is 1.80. The Morgan fingerprint density at radius 1 is 1.37 bits per heavy atom. The Bertz CT molecular complexity index is 529. The second-order valence-corrected chi connectivity index (χ2v) is 5.17. The van der Waals surface area contributed by atoms with Gasteiger partial charge in [-0.25, -0.2) is 0 Å². The fourth-order valence-electron chi connectivity index (χ4n) is 2.72. The first-order valence-corrected chi connectivity index (χ1v) is 6.63. The minimum Gasteiger partial charge on any atom is -0.454 e. The van der Waals surface area contributed by atoms with E-state index in [0.29, 0.717) is 19.3 Å². The SMILES string of the molecule is CCCN1C(N)=NCC1(C)c1ccc2c(c1)OCO2. The number of aliphatic imine (C=N–C) groups is 1. The summed E-state index contributed by atoms with van der Waals surface area (Å²) in [6.45, 7) is 6.20. The Balaban J connectivity index is 1.96. The lowest BCUT2D eigenvalue weighted by molar-refractivity contribution is 0.173. The first-order valence-electron chi connectivity index (χ1n) is 6.63. The predicted molar refractivity (Wildman–Crippen MR) is 73.4 cm³/mol. The van der Waals surface area contributed by atoms with Crippen LogP contribution >= 0.6 is 0 Å². The molecule has 0 aromatic heterocycles. The highest BCUT2D eigenvalue weighted by atomic mass is 16.7. The summed E-state index contributed by atoms with van der Waals surface area (Å²) in [6, 6.07) is 6.07. The van der Waals surface area contributed by atoms with Crippen LogP contribution in [0.5, 0.6) is 11.5 Å². The quantitative estimate of drug-likeness (QED) is 0.899. The average Bonchev–Trinajstić information content (AvgIpc) is 2.98. The molecule has 3 rings (SSSR count). The number of ether oxygens (including phenoxy) is 2. The van der Waals surface area contributed by atoms with Crippen LogP contribution in [-0.2, 0) is 5.54 Å². The number of fused-ring (bicyclic) bond motifs is 1. The molecule has 0 fully saturated rings. The molecule has 0 saturated carbocycles. The van der Waals surface area contributed by atoms with E-state index >= 15 is 0 Å². The van der Waals surface area contributed by atoms with Crippen LogP contribution in [0.15, 0.2) is 23.2 Å². The summed E-state index contributed by atoms with van der Waals surface area (Å²) >= 11 is 0. The van der Waals surface area contributed by atoms with Gasteiger partial charge in [-0.3, -0.25) is 4.99 Å². The highest BCUT2D eigenvalue weighted by Gasteiger charge is 2.39. The lowest BCUT2D eigenvalue weighted by atomic mass is 9.90. The van der Waals surface area contributed by atoms with E-state index in [-0.39, 0.29) is 5.54 Å². The van der Waals surface area contributed by atoms with Gasteiger partial charge in [-0.2, -0.15) is 0 Å². The van der Waals surface area contributed by atoms with E-state index in [9.17, 15) is 0 Å². The zero-order valence-electron chi connectivity index (χ0n) is 11.3. The maximum Gasteiger partial charge on any atom is 0.231 e. The van der Waals surface area contributed by atoms with Crippen molar-refractivity contribution >= 4 is 5.96 Å². The number of nitrogens with zero attached hydrogens (tertiary/aromatic N) is 2. The molecule has 1 atom stereocenters. The van der Waals surface area contributed by atoms with Crippen molar-refractivity contribution in [3.8, 4) is 11.5 Å². The van der Waals surface area contributed by atoms with E-state index in [4.69, 9.17) is 15.2 Å². The molecule has 0 radical (unpaired) electrons. The van der Waals surface area contributed by atoms with Gasteiger partial charge in [0.2, 0.25) is 6.79 Å². The van der Waals surface area contributed by atoms with Crippen molar-refractivity contribution < 1.29 is 9.47 Å². The molecule has 1 unspecified atom stereocenters. The molecule has 2 N–H and O–H groups in total. The van der Waals surface area contributed by atoms with Crippen LogP contribution in [0.25, 0.3) is 0 Å². The number of guanidine groups is 1. The third-order valence-electron chi connectivity index (χ3n) is 3.86. The zero-order chi connectivity index (χ0) is 13.5. The van der Waals surface area contributed by atoms with Gasteiger partial charge < -0.3 is 20.1 Å². The summed E-state index contributed by atoms with van der Waals surface area (Å²) in [5, 5.41) is 0. The van der Waals surface area contributed by atoms with Crippen molar-refractivity contribution in [2.75, 3.05) is 19.9 Å². The van der Waals surface area contributed by atoms with Crippen molar-refractivity contribution in [1.82, 2.24) is 4.90 Å². The Hall–Kier alpha value is -1.91. The fraction of sp³-hybridized carbons (Fsp3) is 0.500. The van der Waals surface area contributed by atoms with Gasteiger partial charge in [-0.05, 0) is 31.0 Å². The molecule has 2 heterocycles. The smallest absolute Gasteiger partial charge is 0.231 e. The number of benzene rings is 1. The molecule has 5 nitrogen and oxygen atoms in total. The van der Waals surface area contributed by atoms with Gasteiger partial charge in [0.1, 0.15) is 0 Å². The first kappa shape index (κ1) is 12.1. The average molecular weight is 261 g/mol. The minimum absolute atomic E-state index is 0.193. The summed E-state index contributed by atoms with van der Waals surface area (Å²) in [7, 11) is 0. The lowest BCUT2D eigenvalue weighted by Crippen LogP contribution is -2.47. The molecule has 1 aromatic rings. The largest absolute Gasteiger partial charge is 0.454 e. The van der Waals surface area contributed by atoms with Crippen LogP contribution in [0.1, 0.15) is 25.8 Å². The Kier molecular flexibility index (Phi) is 2.77. The molecule has 1 aromatic carbocycles. The van der Waals surface area contributed by atoms with Crippen LogP contribution in [0, 0.1) is 0 Å². The molecule has 0 bridgehead atoms. The van der Waals surface area contributed by atoms with Crippen molar-refractivity contribution in [3.05, 3.63) is 23.8 Å². The van der Waals surface area contributed by atoms with Gasteiger partial charge in [0.15, 0.2) is 17.5 Å². The number of nitrogens with two attached hydrogens (primary N) is 1. The van der Waals surface area contributed by atoms with Crippen molar-refractivity contribution in [2.24, 2.45) is 10.7 Å². The molecule has 19 heavy (non-hydrogen) atoms. The molecular weight excluding hydrogens is 242 g/mol. The Morgan fingerprint density at radius 3 is 2.95 bits per heavy atom. The topological polar surface area (TPSA) is 60.1 Å². The molecule has 0 spiro atoms. The highest BCUT2D eigenvalue weighted by molar-refractivity contribution is 5.81. The number of hydrogen-bond acceptors (Lipinski definition) is 5. The van der Waals surface area contributed by atoms with Gasteiger partial charge >= 0.3 is 0 Å². The molecule has 0 amide bonds. The summed E-state index contributed by atoms with van der Waals surface area (Å²) in [5.41, 5.74) is 6.98. The van der Waals surface area contributed by atoms with E-state index in [0.717, 1.165) is 30.0 Å². The third-order valence-corrected chi connectivity index (χ3v) is 3.86. The molecule has 0 aliphatic carbocycles. The van der Waals surface area contributed by atoms with Gasteiger partial charge in [-0.1, -0.05) is 13.0 Å². The van der Waals surface area contributed by atoms with E-state index in [2.05, 4.69) is 29.8 Å². The Labute approximate surface area is 113 Å². The second kappa shape index (κ2) is 4.33. The Morgan fingerprint density at radius 2 is 2.16 bits per heavy atom. The van der Waals surface area contributed by atoms with E-state index in [1.807, 2.05) is 12.1 Å². The van der Waals surface area contributed by atoms with Crippen molar-refractivity contribution in [2.45, 2.75) is 25.8 Å². The minimum atomic E-state index is -0.193. The van der Waals surface area contributed by atoms with Crippen LogP contribution in [-0.4, -0.2) is 30.7 Å². The first-order chi connectivity index (χ1) is 9.15. The van der Waals surface area contributed by atoms with Gasteiger partial charge in [0.25, 0.3) is 0 Å². The molecule has 2 aliphatic rings. The molecule has 0 saturated heterocycles. The normalized spacial score (nSPS) is 24.7. The van der Waals surface area contributed by atoms with Crippen molar-refractivity contribution in [3.63, 3.8) is 0 Å². The summed E-state index contributed by atoms with van der Waals surface area (Å²) in [5.74, 6) is 2.24. The monoisotopic (exact) mass is 261 g/mol. The lowest BCUT2D eigenvalue weighted by Gasteiger charge is -2.36. The van der Waals surface area contributed by atoms with Gasteiger partial charge in [0, 0.05) is 6.54 Å². The van der Waals surface area contributed by atoms with Gasteiger partial charge in [-0.15, -0.1) is 0 Å². The molecule has 102 valence electrons. The number of rotatable bonds is 3. The molecule has 5 heteroatoms. The zero-order valence-corrected chi connectivity index (χ0v) is 11.3.